The first-order chi connectivity index (χ1) is 12.3. The second-order valence-electron chi connectivity index (χ2n) is 7.12. The molecular weight excluding hydrogens is 334 g/mol. The van der Waals surface area contributed by atoms with Gasteiger partial charge in [-0.15, -0.1) is 0 Å². The summed E-state index contributed by atoms with van der Waals surface area (Å²) in [6, 6.07) is 6.42. The summed E-state index contributed by atoms with van der Waals surface area (Å²) < 4.78 is 11.5. The molecule has 0 unspecified atom stereocenters. The van der Waals surface area contributed by atoms with Gasteiger partial charge in [-0.3, -0.25) is 4.99 Å². The number of nitrogens with two attached hydrogens (primary N) is 1. The van der Waals surface area contributed by atoms with Gasteiger partial charge in [0.15, 0.2) is 17.5 Å². The Bertz CT molecular complexity index is 638. The van der Waals surface area contributed by atoms with Crippen LogP contribution in [0.15, 0.2) is 23.2 Å². The van der Waals surface area contributed by atoms with E-state index in [2.05, 4.69) is 23.1 Å². The average Bonchev–Trinajstić information content (AvgIpc) is 3.16. The van der Waals surface area contributed by atoms with Crippen molar-refractivity contribution in [1.82, 2.24) is 4.90 Å². The van der Waals surface area contributed by atoms with Crippen molar-refractivity contribution in [3.05, 3.63) is 23.8 Å². The van der Waals surface area contributed by atoms with Gasteiger partial charge < -0.3 is 20.1 Å². The fourth-order valence-electron chi connectivity index (χ4n) is 4.09. The molecule has 0 spiro atoms. The number of thioether (sulfide) groups is 1. The Hall–Kier alpha value is -1.56. The van der Waals surface area contributed by atoms with Crippen molar-refractivity contribution in [1.29, 1.82) is 0 Å². The minimum Gasteiger partial charge on any atom is -0.486 e. The molecule has 0 radical (unpaired) electrons. The molecule has 2 N–H and O–H groups in total. The highest BCUT2D eigenvalue weighted by Gasteiger charge is 2.36. The standard InChI is InChI=1S/C19H27N3O2S/c20-18(22-7-11-25-12-8-22)21-14-19(5-1-2-6-19)15-3-4-16-17(13-15)24-10-9-23-16/h3-4,13H,1-2,5-12,14H2,(H2,20,21). The number of fused-ring (bicyclic) bond motifs is 1. The SMILES string of the molecule is NC(=NCC1(c2ccc3c(c2)OCCO3)CCCC1)N1CCSCC1. The Balaban J connectivity index is 1.55. The molecule has 25 heavy (non-hydrogen) atoms. The van der Waals surface area contributed by atoms with E-state index in [0.717, 1.165) is 42.6 Å². The molecule has 136 valence electrons. The van der Waals surface area contributed by atoms with Crippen molar-refractivity contribution < 1.29 is 9.47 Å². The van der Waals surface area contributed by atoms with Crippen LogP contribution in [0.2, 0.25) is 0 Å². The number of ether oxygens (including phenoxy) is 2. The van der Waals surface area contributed by atoms with E-state index >= 15 is 0 Å². The molecule has 3 aliphatic rings. The molecule has 0 atom stereocenters. The summed E-state index contributed by atoms with van der Waals surface area (Å²) in [6.07, 6.45) is 4.84. The number of hydrogen-bond donors (Lipinski definition) is 1. The third-order valence-electron chi connectivity index (χ3n) is 5.59. The number of nitrogens with zero attached hydrogens (tertiary/aromatic N) is 2. The number of hydrogen-bond acceptors (Lipinski definition) is 4. The van der Waals surface area contributed by atoms with Crippen molar-refractivity contribution in [2.75, 3.05) is 44.4 Å². The van der Waals surface area contributed by atoms with E-state index in [1.807, 2.05) is 11.8 Å². The lowest BCUT2D eigenvalue weighted by Gasteiger charge is -2.31. The van der Waals surface area contributed by atoms with Gasteiger partial charge in [0.25, 0.3) is 0 Å². The Kier molecular flexibility index (Phi) is 4.97. The lowest BCUT2D eigenvalue weighted by molar-refractivity contribution is 0.171. The molecule has 1 aliphatic carbocycles. The molecule has 0 amide bonds. The van der Waals surface area contributed by atoms with E-state index in [0.29, 0.717) is 19.2 Å². The highest BCUT2D eigenvalue weighted by Crippen LogP contribution is 2.44. The van der Waals surface area contributed by atoms with Crippen LogP contribution in [0.3, 0.4) is 0 Å². The van der Waals surface area contributed by atoms with Crippen LogP contribution in [0.1, 0.15) is 31.2 Å². The molecule has 6 heteroatoms. The van der Waals surface area contributed by atoms with Gasteiger partial charge in [-0.1, -0.05) is 18.9 Å². The van der Waals surface area contributed by atoms with Crippen LogP contribution < -0.4 is 15.2 Å². The first-order valence-electron chi connectivity index (χ1n) is 9.30. The van der Waals surface area contributed by atoms with E-state index in [4.69, 9.17) is 20.2 Å². The van der Waals surface area contributed by atoms with Crippen molar-refractivity contribution >= 4 is 17.7 Å². The van der Waals surface area contributed by atoms with Gasteiger partial charge in [-0.25, -0.2) is 0 Å². The molecular formula is C19H27N3O2S. The Morgan fingerprint density at radius 2 is 1.84 bits per heavy atom. The van der Waals surface area contributed by atoms with E-state index < -0.39 is 0 Å². The summed E-state index contributed by atoms with van der Waals surface area (Å²) in [4.78, 5) is 7.05. The predicted octanol–water partition coefficient (Wildman–Crippen LogP) is 2.63. The molecule has 2 fully saturated rings. The van der Waals surface area contributed by atoms with Gasteiger partial charge in [0, 0.05) is 30.0 Å². The summed E-state index contributed by atoms with van der Waals surface area (Å²) in [7, 11) is 0. The number of benzene rings is 1. The van der Waals surface area contributed by atoms with Gasteiger partial charge in [0.2, 0.25) is 0 Å². The van der Waals surface area contributed by atoms with E-state index in [9.17, 15) is 0 Å². The summed E-state index contributed by atoms with van der Waals surface area (Å²) in [5.74, 6) is 4.73. The van der Waals surface area contributed by atoms with Gasteiger partial charge in [0.05, 0.1) is 6.54 Å². The fourth-order valence-corrected chi connectivity index (χ4v) is 4.99. The van der Waals surface area contributed by atoms with Crippen LogP contribution in [0.4, 0.5) is 0 Å². The van der Waals surface area contributed by atoms with Crippen molar-refractivity contribution in [2.45, 2.75) is 31.1 Å². The second-order valence-corrected chi connectivity index (χ2v) is 8.34. The lowest BCUT2D eigenvalue weighted by Crippen LogP contribution is -2.43. The molecule has 1 aromatic carbocycles. The summed E-state index contributed by atoms with van der Waals surface area (Å²) >= 11 is 1.99. The number of aliphatic imine (C=N–C) groups is 1. The molecule has 2 aliphatic heterocycles. The lowest BCUT2D eigenvalue weighted by atomic mass is 9.79. The zero-order valence-electron chi connectivity index (χ0n) is 14.7. The smallest absolute Gasteiger partial charge is 0.191 e. The fraction of sp³-hybridized carbons (Fsp3) is 0.632. The molecule has 4 rings (SSSR count). The maximum absolute atomic E-state index is 6.30. The normalized spacial score (nSPS) is 22.9. The van der Waals surface area contributed by atoms with E-state index in [1.165, 1.54) is 31.2 Å². The topological polar surface area (TPSA) is 60.1 Å². The molecule has 5 nitrogen and oxygen atoms in total. The monoisotopic (exact) mass is 361 g/mol. The van der Waals surface area contributed by atoms with Crippen LogP contribution in [0.5, 0.6) is 11.5 Å². The summed E-state index contributed by atoms with van der Waals surface area (Å²) in [5.41, 5.74) is 7.70. The largest absolute Gasteiger partial charge is 0.486 e. The first-order valence-corrected chi connectivity index (χ1v) is 10.5. The Labute approximate surface area is 154 Å². The highest BCUT2D eigenvalue weighted by atomic mass is 32.2. The number of guanidine groups is 1. The predicted molar refractivity (Wildman–Crippen MR) is 103 cm³/mol. The molecule has 0 aromatic heterocycles. The number of rotatable bonds is 3. The van der Waals surface area contributed by atoms with Gasteiger partial charge in [0.1, 0.15) is 13.2 Å². The van der Waals surface area contributed by atoms with Gasteiger partial charge in [-0.05, 0) is 30.5 Å². The molecule has 1 saturated carbocycles. The molecule has 1 saturated heterocycles. The van der Waals surface area contributed by atoms with Gasteiger partial charge >= 0.3 is 0 Å². The van der Waals surface area contributed by atoms with Gasteiger partial charge in [-0.2, -0.15) is 11.8 Å². The van der Waals surface area contributed by atoms with E-state index in [-0.39, 0.29) is 5.41 Å². The van der Waals surface area contributed by atoms with Crippen molar-refractivity contribution in [3.63, 3.8) is 0 Å². The van der Waals surface area contributed by atoms with Crippen LogP contribution in [0, 0.1) is 0 Å². The minimum atomic E-state index is 0.0883. The summed E-state index contributed by atoms with van der Waals surface area (Å²) in [5, 5.41) is 0. The quantitative estimate of drug-likeness (QED) is 0.662. The molecule has 2 heterocycles. The average molecular weight is 362 g/mol. The van der Waals surface area contributed by atoms with Crippen LogP contribution in [-0.4, -0.2) is 55.2 Å². The zero-order chi connectivity index (χ0) is 17.1. The highest BCUT2D eigenvalue weighted by molar-refractivity contribution is 7.99. The van der Waals surface area contributed by atoms with Crippen LogP contribution >= 0.6 is 11.8 Å². The maximum atomic E-state index is 6.30. The second kappa shape index (κ2) is 7.36. The first kappa shape index (κ1) is 16.9. The molecule has 0 bridgehead atoms. The third-order valence-corrected chi connectivity index (χ3v) is 6.54. The zero-order valence-corrected chi connectivity index (χ0v) is 15.5. The van der Waals surface area contributed by atoms with Crippen molar-refractivity contribution in [3.8, 4) is 11.5 Å². The maximum Gasteiger partial charge on any atom is 0.191 e. The summed E-state index contributed by atoms with van der Waals surface area (Å²) in [6.45, 7) is 4.05. The minimum absolute atomic E-state index is 0.0883. The van der Waals surface area contributed by atoms with Crippen LogP contribution in [0.25, 0.3) is 0 Å². The Morgan fingerprint density at radius 3 is 2.60 bits per heavy atom. The third kappa shape index (κ3) is 3.54. The van der Waals surface area contributed by atoms with Crippen LogP contribution in [-0.2, 0) is 5.41 Å². The molecule has 1 aromatic rings. The Morgan fingerprint density at radius 1 is 1.12 bits per heavy atom. The van der Waals surface area contributed by atoms with E-state index in [1.54, 1.807) is 0 Å². The van der Waals surface area contributed by atoms with Crippen molar-refractivity contribution in [2.24, 2.45) is 10.7 Å².